The van der Waals surface area contributed by atoms with E-state index < -0.39 is 29.6 Å². The molecule has 1 atom stereocenters. The molecule has 0 aromatic heterocycles. The number of amides is 2. The maximum absolute atomic E-state index is 13.8. The second-order valence-electron chi connectivity index (χ2n) is 8.25. The van der Waals surface area contributed by atoms with E-state index in [2.05, 4.69) is 5.32 Å². The molecule has 0 bridgehead atoms. The van der Waals surface area contributed by atoms with Gasteiger partial charge in [0, 0.05) is 19.0 Å². The third-order valence-electron chi connectivity index (χ3n) is 6.30. The Hall–Kier alpha value is -2.45. The molecule has 3 aliphatic rings. The summed E-state index contributed by atoms with van der Waals surface area (Å²) in [6.45, 7) is 3.20. The lowest BCUT2D eigenvalue weighted by molar-refractivity contribution is -0.143. The van der Waals surface area contributed by atoms with E-state index in [4.69, 9.17) is 9.47 Å². The highest BCUT2D eigenvalue weighted by atomic mass is 19.2. The molecule has 1 aromatic carbocycles. The zero-order chi connectivity index (χ0) is 20.8. The van der Waals surface area contributed by atoms with Gasteiger partial charge in [-0.3, -0.25) is 4.79 Å². The van der Waals surface area contributed by atoms with Crippen LogP contribution in [0, 0.1) is 29.3 Å². The molecular formula is C20H23F3N2O4. The molecule has 2 heterocycles. The lowest BCUT2D eigenvalue weighted by Crippen LogP contribution is -2.58. The quantitative estimate of drug-likeness (QED) is 0.772. The van der Waals surface area contributed by atoms with Crippen LogP contribution < -0.4 is 10.1 Å². The Labute approximate surface area is 166 Å². The van der Waals surface area contributed by atoms with E-state index in [0.717, 1.165) is 12.1 Å². The summed E-state index contributed by atoms with van der Waals surface area (Å²) in [5.41, 5.74) is -0.382. The van der Waals surface area contributed by atoms with Gasteiger partial charge in [0.1, 0.15) is 6.61 Å². The molecule has 1 N–H and O–H groups in total. The third kappa shape index (κ3) is 3.74. The first-order valence-corrected chi connectivity index (χ1v) is 9.82. The second-order valence-corrected chi connectivity index (χ2v) is 8.25. The number of hydrogen-bond donors (Lipinski definition) is 1. The molecular weight excluding hydrogens is 389 g/mol. The molecule has 3 fully saturated rings. The van der Waals surface area contributed by atoms with E-state index in [0.29, 0.717) is 45.4 Å². The molecule has 6 nitrogen and oxygen atoms in total. The topological polar surface area (TPSA) is 67.9 Å². The first-order chi connectivity index (χ1) is 13.8. The monoisotopic (exact) mass is 412 g/mol. The van der Waals surface area contributed by atoms with Crippen molar-refractivity contribution in [2.24, 2.45) is 11.8 Å². The first kappa shape index (κ1) is 19.8. The largest absolute Gasteiger partial charge is 0.487 e. The normalized spacial score (nSPS) is 27.9. The highest BCUT2D eigenvalue weighted by Gasteiger charge is 2.53. The highest BCUT2D eigenvalue weighted by Crippen LogP contribution is 2.42. The standard InChI is InChI=1S/C20H23F3N2O4/c1-11(29-15-3-2-14(21)16(22)17(15)23)12-4-6-25(7-5-12)18(26)13-8-20(9-13)10-28-19(27)24-20/h2-3,11-13H,4-10H2,1H3,(H,24,27). The first-order valence-electron chi connectivity index (χ1n) is 9.82. The molecule has 1 unspecified atom stereocenters. The number of hydrogen-bond acceptors (Lipinski definition) is 4. The summed E-state index contributed by atoms with van der Waals surface area (Å²) < 4.78 is 50.7. The number of rotatable bonds is 4. The van der Waals surface area contributed by atoms with Crippen molar-refractivity contribution in [3.8, 4) is 5.75 Å². The summed E-state index contributed by atoms with van der Waals surface area (Å²) in [7, 11) is 0. The SMILES string of the molecule is CC(Oc1ccc(F)c(F)c1F)C1CCN(C(=O)C2CC3(COC(=O)N3)C2)CC1. The van der Waals surface area contributed by atoms with Crippen LogP contribution in [0.3, 0.4) is 0 Å². The van der Waals surface area contributed by atoms with Crippen molar-refractivity contribution in [2.45, 2.75) is 44.2 Å². The van der Waals surface area contributed by atoms with Crippen LogP contribution in [0.5, 0.6) is 5.75 Å². The molecule has 2 aliphatic heterocycles. The number of alkyl carbamates (subject to hydrolysis) is 1. The van der Waals surface area contributed by atoms with Crippen LogP contribution in [0.25, 0.3) is 0 Å². The van der Waals surface area contributed by atoms with E-state index in [1.165, 1.54) is 0 Å². The number of halogens is 3. The third-order valence-corrected chi connectivity index (χ3v) is 6.30. The van der Waals surface area contributed by atoms with Crippen LogP contribution in [0.15, 0.2) is 12.1 Å². The summed E-state index contributed by atoms with van der Waals surface area (Å²) >= 11 is 0. The fraction of sp³-hybridized carbons (Fsp3) is 0.600. The minimum absolute atomic E-state index is 0.0711. The molecule has 29 heavy (non-hydrogen) atoms. The fourth-order valence-electron chi connectivity index (χ4n) is 4.51. The summed E-state index contributed by atoms with van der Waals surface area (Å²) in [6.07, 6.45) is 1.71. The van der Waals surface area contributed by atoms with Gasteiger partial charge in [0.15, 0.2) is 17.4 Å². The van der Waals surface area contributed by atoms with Crippen LogP contribution in [0.4, 0.5) is 18.0 Å². The maximum Gasteiger partial charge on any atom is 0.407 e. The lowest BCUT2D eigenvalue weighted by Gasteiger charge is -2.45. The van der Waals surface area contributed by atoms with Crippen LogP contribution in [-0.2, 0) is 9.53 Å². The highest BCUT2D eigenvalue weighted by molar-refractivity contribution is 5.81. The Kier molecular flexibility index (Phi) is 5.08. The van der Waals surface area contributed by atoms with Gasteiger partial charge in [-0.05, 0) is 50.7 Å². The predicted octanol–water partition coefficient (Wildman–Crippen LogP) is 3.00. The molecule has 1 aliphatic carbocycles. The van der Waals surface area contributed by atoms with Crippen molar-refractivity contribution >= 4 is 12.0 Å². The molecule has 1 aromatic rings. The van der Waals surface area contributed by atoms with Gasteiger partial charge in [0.2, 0.25) is 11.7 Å². The van der Waals surface area contributed by atoms with Crippen molar-refractivity contribution in [1.29, 1.82) is 0 Å². The summed E-state index contributed by atoms with van der Waals surface area (Å²) in [4.78, 5) is 25.7. The number of piperidine rings is 1. The summed E-state index contributed by atoms with van der Waals surface area (Å²) in [6, 6.07) is 1.92. The molecule has 9 heteroatoms. The minimum Gasteiger partial charge on any atom is -0.487 e. The van der Waals surface area contributed by atoms with Crippen LogP contribution in [0.1, 0.15) is 32.6 Å². The van der Waals surface area contributed by atoms with E-state index in [1.54, 1.807) is 6.92 Å². The Morgan fingerprint density at radius 1 is 1.24 bits per heavy atom. The van der Waals surface area contributed by atoms with E-state index >= 15 is 0 Å². The Bertz CT molecular complexity index is 820. The van der Waals surface area contributed by atoms with Gasteiger partial charge in [0.05, 0.1) is 11.6 Å². The molecule has 158 valence electrons. The van der Waals surface area contributed by atoms with E-state index in [1.807, 2.05) is 4.90 Å². The lowest BCUT2D eigenvalue weighted by atomic mass is 9.68. The summed E-state index contributed by atoms with van der Waals surface area (Å²) in [5.74, 6) is -4.40. The number of benzene rings is 1. The van der Waals surface area contributed by atoms with Crippen molar-refractivity contribution in [2.75, 3.05) is 19.7 Å². The Balaban J connectivity index is 1.27. The Morgan fingerprint density at radius 2 is 1.93 bits per heavy atom. The van der Waals surface area contributed by atoms with Crippen LogP contribution in [0.2, 0.25) is 0 Å². The average molecular weight is 412 g/mol. The van der Waals surface area contributed by atoms with E-state index in [-0.39, 0.29) is 29.0 Å². The molecule has 4 rings (SSSR count). The van der Waals surface area contributed by atoms with Crippen LogP contribution >= 0.6 is 0 Å². The van der Waals surface area contributed by atoms with Crippen molar-refractivity contribution in [3.63, 3.8) is 0 Å². The average Bonchev–Trinajstić information content (AvgIpc) is 3.09. The van der Waals surface area contributed by atoms with Gasteiger partial charge in [-0.25, -0.2) is 13.6 Å². The minimum atomic E-state index is -1.54. The molecule has 1 saturated carbocycles. The van der Waals surface area contributed by atoms with Gasteiger partial charge < -0.3 is 19.7 Å². The zero-order valence-corrected chi connectivity index (χ0v) is 16.1. The fourth-order valence-corrected chi connectivity index (χ4v) is 4.51. The number of cyclic esters (lactones) is 1. The number of carbonyl (C=O) groups is 2. The zero-order valence-electron chi connectivity index (χ0n) is 16.1. The van der Waals surface area contributed by atoms with Gasteiger partial charge in [0.25, 0.3) is 0 Å². The number of ether oxygens (including phenoxy) is 2. The van der Waals surface area contributed by atoms with Crippen molar-refractivity contribution in [1.82, 2.24) is 10.2 Å². The van der Waals surface area contributed by atoms with Gasteiger partial charge in [-0.1, -0.05) is 0 Å². The Morgan fingerprint density at radius 3 is 2.55 bits per heavy atom. The molecule has 1 spiro atoms. The van der Waals surface area contributed by atoms with Crippen molar-refractivity contribution in [3.05, 3.63) is 29.6 Å². The molecule has 0 radical (unpaired) electrons. The van der Waals surface area contributed by atoms with E-state index in [9.17, 15) is 22.8 Å². The number of nitrogens with one attached hydrogen (secondary N) is 1. The predicted molar refractivity (Wildman–Crippen MR) is 95.6 cm³/mol. The van der Waals surface area contributed by atoms with Crippen molar-refractivity contribution < 1.29 is 32.2 Å². The van der Waals surface area contributed by atoms with Gasteiger partial charge in [-0.2, -0.15) is 4.39 Å². The number of carbonyl (C=O) groups excluding carboxylic acids is 2. The number of nitrogens with zero attached hydrogens (tertiary/aromatic N) is 1. The summed E-state index contributed by atoms with van der Waals surface area (Å²) in [5, 5.41) is 2.78. The molecule has 2 saturated heterocycles. The van der Waals surface area contributed by atoms with Crippen LogP contribution in [-0.4, -0.2) is 48.2 Å². The maximum atomic E-state index is 13.8. The smallest absolute Gasteiger partial charge is 0.407 e. The second kappa shape index (κ2) is 7.42. The number of likely N-dealkylation sites (tertiary alicyclic amines) is 1. The van der Waals surface area contributed by atoms with Gasteiger partial charge >= 0.3 is 6.09 Å². The molecule has 2 amide bonds. The van der Waals surface area contributed by atoms with Gasteiger partial charge in [-0.15, -0.1) is 0 Å².